The van der Waals surface area contributed by atoms with Crippen molar-refractivity contribution in [1.29, 1.82) is 0 Å². The molecule has 3 nitrogen and oxygen atoms in total. The maximum absolute atomic E-state index is 11.9. The number of hydrogen-bond donors (Lipinski definition) is 2. The molecule has 3 heteroatoms. The van der Waals surface area contributed by atoms with Gasteiger partial charge in [-0.1, -0.05) is 42.5 Å². The van der Waals surface area contributed by atoms with Crippen molar-refractivity contribution in [2.24, 2.45) is 0 Å². The number of para-hydroxylation sites is 1. The number of anilines is 1. The third kappa shape index (κ3) is 3.85. The molecule has 2 aromatic rings. The van der Waals surface area contributed by atoms with E-state index in [1.54, 1.807) is 0 Å². The number of rotatable bonds is 5. The summed E-state index contributed by atoms with van der Waals surface area (Å²) in [6, 6.07) is 15.7. The van der Waals surface area contributed by atoms with Crippen LogP contribution in [-0.2, 0) is 17.8 Å². The first-order valence-electron chi connectivity index (χ1n) is 6.81. The molecule has 1 amide bonds. The minimum absolute atomic E-state index is 0.0523. The molecule has 0 heterocycles. The molecule has 0 spiro atoms. The topological polar surface area (TPSA) is 55.1 Å². The van der Waals surface area contributed by atoms with Crippen LogP contribution in [0.3, 0.4) is 0 Å². The Morgan fingerprint density at radius 2 is 1.70 bits per heavy atom. The Kier molecular flexibility index (Phi) is 4.77. The molecule has 0 bridgehead atoms. The van der Waals surface area contributed by atoms with Crippen LogP contribution in [0.15, 0.2) is 48.5 Å². The smallest absolute Gasteiger partial charge is 0.220 e. The van der Waals surface area contributed by atoms with Gasteiger partial charge in [0, 0.05) is 18.7 Å². The van der Waals surface area contributed by atoms with Gasteiger partial charge in [0.25, 0.3) is 0 Å². The second-order valence-corrected chi connectivity index (χ2v) is 4.90. The molecule has 0 fully saturated rings. The third-order valence-corrected chi connectivity index (χ3v) is 3.41. The average molecular weight is 268 g/mol. The van der Waals surface area contributed by atoms with Crippen LogP contribution in [-0.4, -0.2) is 5.91 Å². The Hall–Kier alpha value is -2.29. The molecule has 0 aliphatic carbocycles. The first-order valence-corrected chi connectivity index (χ1v) is 6.81. The minimum Gasteiger partial charge on any atom is -0.398 e. The number of nitrogens with one attached hydrogen (secondary N) is 1. The second-order valence-electron chi connectivity index (χ2n) is 4.90. The summed E-state index contributed by atoms with van der Waals surface area (Å²) < 4.78 is 0. The summed E-state index contributed by atoms with van der Waals surface area (Å²) in [5, 5.41) is 2.91. The summed E-state index contributed by atoms with van der Waals surface area (Å²) in [6.45, 7) is 2.55. The molecular weight excluding hydrogens is 248 g/mol. The highest BCUT2D eigenvalue weighted by Crippen LogP contribution is 2.11. The van der Waals surface area contributed by atoms with Gasteiger partial charge in [0.1, 0.15) is 0 Å². The standard InChI is InChI=1S/C17H20N2O/c1-13-6-2-3-7-14(13)10-11-17(20)19-12-15-8-4-5-9-16(15)18/h2-9H,10-12,18H2,1H3,(H,19,20). The molecule has 0 aliphatic heterocycles. The number of aryl methyl sites for hydroxylation is 2. The molecule has 104 valence electrons. The largest absolute Gasteiger partial charge is 0.398 e. The van der Waals surface area contributed by atoms with Gasteiger partial charge in [0.05, 0.1) is 0 Å². The van der Waals surface area contributed by atoms with E-state index in [-0.39, 0.29) is 5.91 Å². The fourth-order valence-corrected chi connectivity index (χ4v) is 2.12. The first kappa shape index (κ1) is 14.1. The lowest BCUT2D eigenvalue weighted by molar-refractivity contribution is -0.121. The fraction of sp³-hybridized carbons (Fsp3) is 0.235. The number of carbonyl (C=O) groups excluding carboxylic acids is 1. The first-order chi connectivity index (χ1) is 9.66. The van der Waals surface area contributed by atoms with Crippen LogP contribution < -0.4 is 11.1 Å². The average Bonchev–Trinajstić information content (AvgIpc) is 2.45. The van der Waals surface area contributed by atoms with Crippen LogP contribution >= 0.6 is 0 Å². The van der Waals surface area contributed by atoms with E-state index in [0.717, 1.165) is 12.0 Å². The van der Waals surface area contributed by atoms with Gasteiger partial charge < -0.3 is 11.1 Å². The number of nitrogens with two attached hydrogens (primary N) is 1. The number of nitrogen functional groups attached to an aromatic ring is 1. The molecule has 0 aromatic heterocycles. The lowest BCUT2D eigenvalue weighted by atomic mass is 10.0. The summed E-state index contributed by atoms with van der Waals surface area (Å²) in [7, 11) is 0. The van der Waals surface area contributed by atoms with Crippen LogP contribution in [0.25, 0.3) is 0 Å². The van der Waals surface area contributed by atoms with Crippen LogP contribution in [0.2, 0.25) is 0 Å². The van der Waals surface area contributed by atoms with Crippen LogP contribution in [0.4, 0.5) is 5.69 Å². The summed E-state index contributed by atoms with van der Waals surface area (Å²) in [5.74, 6) is 0.0523. The normalized spacial score (nSPS) is 10.2. The van der Waals surface area contributed by atoms with Crippen molar-refractivity contribution in [3.63, 3.8) is 0 Å². The number of benzene rings is 2. The maximum Gasteiger partial charge on any atom is 0.220 e. The molecular formula is C17H20N2O. The van der Waals surface area contributed by atoms with E-state index in [1.165, 1.54) is 11.1 Å². The molecule has 0 saturated heterocycles. The van der Waals surface area contributed by atoms with Gasteiger partial charge in [0.2, 0.25) is 5.91 Å². The minimum atomic E-state index is 0.0523. The van der Waals surface area contributed by atoms with Crippen molar-refractivity contribution < 1.29 is 4.79 Å². The van der Waals surface area contributed by atoms with Crippen molar-refractivity contribution in [3.05, 3.63) is 65.2 Å². The molecule has 0 unspecified atom stereocenters. The highest BCUT2D eigenvalue weighted by atomic mass is 16.1. The quantitative estimate of drug-likeness (QED) is 0.819. The summed E-state index contributed by atoms with van der Waals surface area (Å²) in [4.78, 5) is 11.9. The Balaban J connectivity index is 1.82. The van der Waals surface area contributed by atoms with Gasteiger partial charge in [-0.05, 0) is 36.1 Å². The van der Waals surface area contributed by atoms with Crippen molar-refractivity contribution in [2.75, 3.05) is 5.73 Å². The molecule has 2 rings (SSSR count). The summed E-state index contributed by atoms with van der Waals surface area (Å²) in [5.41, 5.74) is 9.96. The lowest BCUT2D eigenvalue weighted by Crippen LogP contribution is -2.23. The zero-order chi connectivity index (χ0) is 14.4. The highest BCUT2D eigenvalue weighted by molar-refractivity contribution is 5.76. The van der Waals surface area contributed by atoms with E-state index >= 15 is 0 Å². The van der Waals surface area contributed by atoms with Gasteiger partial charge in [-0.25, -0.2) is 0 Å². The Morgan fingerprint density at radius 1 is 1.05 bits per heavy atom. The molecule has 3 N–H and O–H groups in total. The number of amides is 1. The summed E-state index contributed by atoms with van der Waals surface area (Å²) in [6.07, 6.45) is 1.26. The van der Waals surface area contributed by atoms with Gasteiger partial charge in [-0.2, -0.15) is 0 Å². The number of carbonyl (C=O) groups is 1. The predicted octanol–water partition coefficient (Wildman–Crippen LogP) is 2.83. The van der Waals surface area contributed by atoms with E-state index in [9.17, 15) is 4.79 Å². The van der Waals surface area contributed by atoms with Gasteiger partial charge in [-0.3, -0.25) is 4.79 Å². The van der Waals surface area contributed by atoms with E-state index in [4.69, 9.17) is 5.73 Å². The molecule has 20 heavy (non-hydrogen) atoms. The van der Waals surface area contributed by atoms with Crippen LogP contribution in [0, 0.1) is 6.92 Å². The van der Waals surface area contributed by atoms with Gasteiger partial charge in [0.15, 0.2) is 0 Å². The third-order valence-electron chi connectivity index (χ3n) is 3.41. The molecule has 0 atom stereocenters. The Bertz CT molecular complexity index is 542. The van der Waals surface area contributed by atoms with E-state index in [1.807, 2.05) is 36.4 Å². The van der Waals surface area contributed by atoms with Crippen molar-refractivity contribution >= 4 is 11.6 Å². The molecule has 0 saturated carbocycles. The SMILES string of the molecule is Cc1ccccc1CCC(=O)NCc1ccccc1N. The highest BCUT2D eigenvalue weighted by Gasteiger charge is 2.05. The van der Waals surface area contributed by atoms with Crippen molar-refractivity contribution in [1.82, 2.24) is 5.32 Å². The van der Waals surface area contributed by atoms with Crippen LogP contribution in [0.5, 0.6) is 0 Å². The van der Waals surface area contributed by atoms with E-state index < -0.39 is 0 Å². The van der Waals surface area contributed by atoms with E-state index in [0.29, 0.717) is 18.7 Å². The molecule has 0 aliphatic rings. The van der Waals surface area contributed by atoms with Crippen molar-refractivity contribution in [3.8, 4) is 0 Å². The molecule has 0 radical (unpaired) electrons. The Morgan fingerprint density at radius 3 is 2.40 bits per heavy atom. The summed E-state index contributed by atoms with van der Waals surface area (Å²) >= 11 is 0. The Labute approximate surface area is 119 Å². The van der Waals surface area contributed by atoms with Crippen molar-refractivity contribution in [2.45, 2.75) is 26.3 Å². The monoisotopic (exact) mass is 268 g/mol. The van der Waals surface area contributed by atoms with E-state index in [2.05, 4.69) is 24.4 Å². The fourth-order valence-electron chi connectivity index (χ4n) is 2.12. The lowest BCUT2D eigenvalue weighted by Gasteiger charge is -2.08. The maximum atomic E-state index is 11.9. The zero-order valence-electron chi connectivity index (χ0n) is 11.7. The van der Waals surface area contributed by atoms with Gasteiger partial charge in [-0.15, -0.1) is 0 Å². The predicted molar refractivity (Wildman–Crippen MR) is 82.2 cm³/mol. The van der Waals surface area contributed by atoms with Gasteiger partial charge >= 0.3 is 0 Å². The zero-order valence-corrected chi connectivity index (χ0v) is 11.7. The second kappa shape index (κ2) is 6.75. The molecule has 2 aromatic carbocycles. The number of hydrogen-bond acceptors (Lipinski definition) is 2. The van der Waals surface area contributed by atoms with Crippen LogP contribution in [0.1, 0.15) is 23.1 Å².